The Bertz CT molecular complexity index is 324. The molecule has 1 fully saturated rings. The topological polar surface area (TPSA) is 47.1 Å². The number of hydrogen-bond acceptors (Lipinski definition) is 3. The third-order valence-electron chi connectivity index (χ3n) is 3.49. The number of likely N-dealkylation sites (tertiary alicyclic amines) is 1. The summed E-state index contributed by atoms with van der Waals surface area (Å²) in [4.78, 5) is 2.53. The van der Waals surface area contributed by atoms with E-state index >= 15 is 0 Å². The van der Waals surface area contributed by atoms with Crippen LogP contribution in [0.15, 0.2) is 12.3 Å². The predicted octanol–water partition coefficient (Wildman–Crippen LogP) is 1.40. The van der Waals surface area contributed by atoms with Crippen molar-refractivity contribution in [1.29, 1.82) is 0 Å². The van der Waals surface area contributed by atoms with Crippen LogP contribution in [0.3, 0.4) is 0 Å². The number of aryl methyl sites for hydroxylation is 1. The molecule has 0 spiro atoms. The molecule has 98 valence electrons. The Labute approximate surface area is 110 Å². The van der Waals surface area contributed by atoms with Gasteiger partial charge in [-0.3, -0.25) is 9.58 Å². The Balaban J connectivity index is 0.00000144. The number of piperidine rings is 1. The number of halogens is 1. The summed E-state index contributed by atoms with van der Waals surface area (Å²) in [6.45, 7) is 4.26. The maximum atomic E-state index is 5.63. The zero-order valence-electron chi connectivity index (χ0n) is 10.5. The van der Waals surface area contributed by atoms with Crippen LogP contribution in [0.4, 0.5) is 0 Å². The van der Waals surface area contributed by atoms with E-state index in [9.17, 15) is 0 Å². The molecule has 17 heavy (non-hydrogen) atoms. The van der Waals surface area contributed by atoms with Gasteiger partial charge in [0.2, 0.25) is 0 Å². The van der Waals surface area contributed by atoms with E-state index in [1.165, 1.54) is 38.0 Å². The first-order valence-corrected chi connectivity index (χ1v) is 6.19. The average Bonchev–Trinajstić information content (AvgIpc) is 2.66. The van der Waals surface area contributed by atoms with E-state index in [-0.39, 0.29) is 12.4 Å². The third-order valence-corrected chi connectivity index (χ3v) is 3.49. The van der Waals surface area contributed by atoms with Crippen molar-refractivity contribution < 1.29 is 0 Å². The minimum absolute atomic E-state index is 0. The Morgan fingerprint density at radius 2 is 2.35 bits per heavy atom. The molecule has 2 rings (SSSR count). The maximum absolute atomic E-state index is 5.63. The fraction of sp³-hybridized carbons (Fsp3) is 0.750. The van der Waals surface area contributed by atoms with Crippen molar-refractivity contribution >= 4 is 12.4 Å². The minimum atomic E-state index is 0. The zero-order chi connectivity index (χ0) is 11.4. The lowest BCUT2D eigenvalue weighted by molar-refractivity contribution is 0.160. The van der Waals surface area contributed by atoms with Crippen molar-refractivity contribution in [1.82, 2.24) is 14.7 Å². The molecule has 0 aliphatic carbocycles. The number of aromatic nitrogens is 2. The van der Waals surface area contributed by atoms with Gasteiger partial charge in [0.25, 0.3) is 0 Å². The van der Waals surface area contributed by atoms with E-state index in [1.54, 1.807) is 0 Å². The molecule has 2 N–H and O–H groups in total. The van der Waals surface area contributed by atoms with Crippen LogP contribution in [0, 0.1) is 5.92 Å². The fourth-order valence-corrected chi connectivity index (χ4v) is 2.55. The second-order valence-corrected chi connectivity index (χ2v) is 4.77. The van der Waals surface area contributed by atoms with E-state index in [1.807, 2.05) is 17.9 Å². The van der Waals surface area contributed by atoms with Gasteiger partial charge in [-0.05, 0) is 44.3 Å². The molecule has 0 bridgehead atoms. The summed E-state index contributed by atoms with van der Waals surface area (Å²) in [7, 11) is 2.01. The van der Waals surface area contributed by atoms with Gasteiger partial charge in [-0.2, -0.15) is 5.10 Å². The second kappa shape index (κ2) is 6.99. The summed E-state index contributed by atoms with van der Waals surface area (Å²) in [6, 6.07) is 2.10. The summed E-state index contributed by atoms with van der Waals surface area (Å²) in [5.74, 6) is 0.798. The molecule has 0 aromatic carbocycles. The standard InChI is InChI=1S/C12H22N4.ClH/c1-15-12(5-7-14-15)10-16-8-2-3-11(9-16)4-6-13;/h5,7,11H,2-4,6,8-10,13H2,1H3;1H. The van der Waals surface area contributed by atoms with Crippen molar-refractivity contribution in [2.24, 2.45) is 18.7 Å². The highest BCUT2D eigenvalue weighted by Crippen LogP contribution is 2.20. The molecule has 1 atom stereocenters. The first-order chi connectivity index (χ1) is 7.79. The smallest absolute Gasteiger partial charge is 0.0521 e. The van der Waals surface area contributed by atoms with Crippen molar-refractivity contribution in [3.05, 3.63) is 18.0 Å². The molecule has 5 heteroatoms. The van der Waals surface area contributed by atoms with Crippen molar-refractivity contribution in [3.8, 4) is 0 Å². The van der Waals surface area contributed by atoms with Crippen molar-refractivity contribution in [2.75, 3.05) is 19.6 Å². The van der Waals surface area contributed by atoms with Crippen LogP contribution >= 0.6 is 12.4 Å². The lowest BCUT2D eigenvalue weighted by Crippen LogP contribution is -2.36. The zero-order valence-corrected chi connectivity index (χ0v) is 11.3. The molecule has 1 aliphatic heterocycles. The first kappa shape index (κ1) is 14.5. The number of nitrogens with zero attached hydrogens (tertiary/aromatic N) is 3. The lowest BCUT2D eigenvalue weighted by atomic mass is 9.95. The molecule has 0 amide bonds. The van der Waals surface area contributed by atoms with Gasteiger partial charge in [0.05, 0.1) is 5.69 Å². The molecule has 0 radical (unpaired) electrons. The van der Waals surface area contributed by atoms with Crippen LogP contribution in [-0.4, -0.2) is 34.3 Å². The van der Waals surface area contributed by atoms with Gasteiger partial charge >= 0.3 is 0 Å². The summed E-state index contributed by atoms with van der Waals surface area (Å²) < 4.78 is 1.96. The van der Waals surface area contributed by atoms with Gasteiger partial charge in [-0.15, -0.1) is 12.4 Å². The van der Waals surface area contributed by atoms with Crippen LogP contribution < -0.4 is 5.73 Å². The third kappa shape index (κ3) is 3.98. The molecule has 2 heterocycles. The maximum Gasteiger partial charge on any atom is 0.0521 e. The van der Waals surface area contributed by atoms with E-state index < -0.39 is 0 Å². The molecule has 1 unspecified atom stereocenters. The highest BCUT2D eigenvalue weighted by Gasteiger charge is 2.19. The molecule has 1 saturated heterocycles. The minimum Gasteiger partial charge on any atom is -0.330 e. The van der Waals surface area contributed by atoms with Crippen LogP contribution in [0.25, 0.3) is 0 Å². The van der Waals surface area contributed by atoms with Crippen LogP contribution in [0.1, 0.15) is 25.0 Å². The second-order valence-electron chi connectivity index (χ2n) is 4.77. The highest BCUT2D eigenvalue weighted by molar-refractivity contribution is 5.85. The normalized spacial score (nSPS) is 21.2. The molecule has 0 saturated carbocycles. The van der Waals surface area contributed by atoms with Crippen molar-refractivity contribution in [2.45, 2.75) is 25.8 Å². The average molecular weight is 259 g/mol. The number of rotatable bonds is 4. The Kier molecular flexibility index (Phi) is 5.95. The fourth-order valence-electron chi connectivity index (χ4n) is 2.55. The highest BCUT2D eigenvalue weighted by atomic mass is 35.5. The van der Waals surface area contributed by atoms with Gasteiger partial charge < -0.3 is 5.73 Å². The Hall–Kier alpha value is -0.580. The summed E-state index contributed by atoms with van der Waals surface area (Å²) in [5, 5.41) is 4.21. The van der Waals surface area contributed by atoms with E-state index in [4.69, 9.17) is 5.73 Å². The lowest BCUT2D eigenvalue weighted by Gasteiger charge is -2.32. The SMILES string of the molecule is Cl.Cn1nccc1CN1CCCC(CCN)C1. The largest absolute Gasteiger partial charge is 0.330 e. The van der Waals surface area contributed by atoms with Crippen LogP contribution in [-0.2, 0) is 13.6 Å². The van der Waals surface area contributed by atoms with E-state index in [0.29, 0.717) is 0 Å². The predicted molar refractivity (Wildman–Crippen MR) is 72.1 cm³/mol. The van der Waals surface area contributed by atoms with Gasteiger partial charge in [0.1, 0.15) is 0 Å². The molecule has 1 aromatic rings. The first-order valence-electron chi connectivity index (χ1n) is 6.19. The van der Waals surface area contributed by atoms with E-state index in [2.05, 4.69) is 16.1 Å². The monoisotopic (exact) mass is 258 g/mol. The van der Waals surface area contributed by atoms with Crippen LogP contribution in [0.5, 0.6) is 0 Å². The van der Waals surface area contributed by atoms with Gasteiger partial charge in [0.15, 0.2) is 0 Å². The summed E-state index contributed by atoms with van der Waals surface area (Å²) >= 11 is 0. The van der Waals surface area contributed by atoms with Gasteiger partial charge in [0, 0.05) is 26.3 Å². The summed E-state index contributed by atoms with van der Waals surface area (Å²) in [5.41, 5.74) is 6.93. The molecular formula is C12H23ClN4. The molecule has 4 nitrogen and oxygen atoms in total. The van der Waals surface area contributed by atoms with Crippen LogP contribution in [0.2, 0.25) is 0 Å². The van der Waals surface area contributed by atoms with Crippen molar-refractivity contribution in [3.63, 3.8) is 0 Å². The van der Waals surface area contributed by atoms with Gasteiger partial charge in [-0.1, -0.05) is 0 Å². The number of hydrogen-bond donors (Lipinski definition) is 1. The Morgan fingerprint density at radius 3 is 3.00 bits per heavy atom. The van der Waals surface area contributed by atoms with E-state index in [0.717, 1.165) is 19.0 Å². The summed E-state index contributed by atoms with van der Waals surface area (Å²) in [6.07, 6.45) is 5.69. The van der Waals surface area contributed by atoms with Gasteiger partial charge in [-0.25, -0.2) is 0 Å². The number of nitrogens with two attached hydrogens (primary N) is 1. The molecule has 1 aliphatic rings. The molecule has 1 aromatic heterocycles. The quantitative estimate of drug-likeness (QED) is 0.888. The molecular weight excluding hydrogens is 236 g/mol. The Morgan fingerprint density at radius 1 is 1.53 bits per heavy atom.